The fourth-order valence-corrected chi connectivity index (χ4v) is 6.33. The molecule has 0 aliphatic carbocycles. The molecule has 0 aromatic heterocycles. The number of rotatable bonds is 4. The zero-order valence-corrected chi connectivity index (χ0v) is 29.8. The van der Waals surface area contributed by atoms with Crippen LogP contribution in [-0.4, -0.2) is 0 Å². The molecule has 0 atom stereocenters. The molecule has 0 N–H and O–H groups in total. The van der Waals surface area contributed by atoms with Crippen molar-refractivity contribution in [1.29, 1.82) is 0 Å². The fraction of sp³-hybridized carbons (Fsp3) is 0.0455. The summed E-state index contributed by atoms with van der Waals surface area (Å²) >= 11 is 0. The van der Waals surface area contributed by atoms with Gasteiger partial charge < -0.3 is 0 Å². The van der Waals surface area contributed by atoms with E-state index < -0.39 is 0 Å². The molecular formula is C44H34U. The second-order valence-corrected chi connectivity index (χ2v) is 11.0. The van der Waals surface area contributed by atoms with Crippen LogP contribution in [0.3, 0.4) is 0 Å². The first-order valence-corrected chi connectivity index (χ1v) is 15.5. The van der Waals surface area contributed by atoms with Crippen molar-refractivity contribution < 1.29 is 31.1 Å². The summed E-state index contributed by atoms with van der Waals surface area (Å²) in [6.07, 6.45) is 0. The van der Waals surface area contributed by atoms with E-state index >= 15 is 0 Å². The molecule has 0 saturated carbocycles. The summed E-state index contributed by atoms with van der Waals surface area (Å²) in [5, 5.41) is 7.82. The second kappa shape index (κ2) is 13.7. The van der Waals surface area contributed by atoms with E-state index in [0.29, 0.717) is 0 Å². The van der Waals surface area contributed by atoms with Crippen LogP contribution in [0, 0.1) is 31.1 Å². The van der Waals surface area contributed by atoms with Gasteiger partial charge in [0.2, 0.25) is 0 Å². The topological polar surface area (TPSA) is 0 Å². The fourth-order valence-electron chi connectivity index (χ4n) is 6.33. The molecule has 0 nitrogen and oxygen atoms in total. The zero-order valence-electron chi connectivity index (χ0n) is 25.7. The van der Waals surface area contributed by atoms with Gasteiger partial charge in [-0.3, -0.25) is 0 Å². The van der Waals surface area contributed by atoms with Crippen LogP contribution in [0.2, 0.25) is 0 Å². The minimum Gasteiger partial charge on any atom is -0.0683 e. The summed E-state index contributed by atoms with van der Waals surface area (Å²) in [4.78, 5) is 0. The third-order valence-corrected chi connectivity index (χ3v) is 8.46. The first-order valence-electron chi connectivity index (χ1n) is 15.5. The SMILES string of the molecule is CC.[U].c1ccc(-c2ccc(-c3cccc(-c4cccc(-c5ccc6c7ccccc7c7ccccc7c6c5)c4)c3)cc2)cc1. The standard InChI is InChI=1S/C42H28.C2H6.U/c1-2-10-29(11-3-1)30-20-22-31(23-21-30)32-12-8-13-33(26-32)34-14-9-15-35(27-34)36-24-25-41-39-18-5-4-16-37(39)38-17-6-7-19-40(38)42(41)28-36;1-2;/h1-28H;1-2H3;. The number of benzene rings is 8. The second-order valence-electron chi connectivity index (χ2n) is 11.0. The Morgan fingerprint density at radius 3 is 1.00 bits per heavy atom. The monoisotopic (exact) mass is 800 g/mol. The van der Waals surface area contributed by atoms with E-state index in [1.165, 1.54) is 76.8 Å². The van der Waals surface area contributed by atoms with Gasteiger partial charge in [0.15, 0.2) is 0 Å². The van der Waals surface area contributed by atoms with Gasteiger partial charge in [0.05, 0.1) is 0 Å². The van der Waals surface area contributed by atoms with Gasteiger partial charge in [-0.15, -0.1) is 0 Å². The van der Waals surface area contributed by atoms with Gasteiger partial charge in [-0.25, -0.2) is 0 Å². The van der Waals surface area contributed by atoms with Crippen molar-refractivity contribution in [2.24, 2.45) is 0 Å². The summed E-state index contributed by atoms with van der Waals surface area (Å²) < 4.78 is 0. The molecular weight excluding hydrogens is 767 g/mol. The number of hydrogen-bond donors (Lipinski definition) is 0. The molecule has 8 rings (SSSR count). The maximum Gasteiger partial charge on any atom is 0 e. The Kier molecular flexibility index (Phi) is 9.32. The summed E-state index contributed by atoms with van der Waals surface area (Å²) in [6, 6.07) is 61.7. The van der Waals surface area contributed by atoms with Crippen LogP contribution in [-0.2, 0) is 0 Å². The van der Waals surface area contributed by atoms with Gasteiger partial charge in [-0.2, -0.15) is 0 Å². The average molecular weight is 801 g/mol. The van der Waals surface area contributed by atoms with E-state index in [2.05, 4.69) is 170 Å². The molecule has 0 aliphatic rings. The predicted molar refractivity (Wildman–Crippen MR) is 192 cm³/mol. The Morgan fingerprint density at radius 1 is 0.222 bits per heavy atom. The summed E-state index contributed by atoms with van der Waals surface area (Å²) in [5.74, 6) is 0. The van der Waals surface area contributed by atoms with E-state index in [9.17, 15) is 0 Å². The molecule has 1 heteroatoms. The molecule has 0 bridgehead atoms. The van der Waals surface area contributed by atoms with Crippen LogP contribution in [0.1, 0.15) is 13.8 Å². The van der Waals surface area contributed by atoms with Gasteiger partial charge in [-0.1, -0.05) is 166 Å². The summed E-state index contributed by atoms with van der Waals surface area (Å²) in [7, 11) is 0. The average Bonchev–Trinajstić information content (AvgIpc) is 3.13. The third kappa shape index (κ3) is 6.00. The first-order chi connectivity index (χ1) is 21.8. The molecule has 8 aromatic rings. The molecule has 0 heterocycles. The van der Waals surface area contributed by atoms with Crippen LogP contribution in [0.15, 0.2) is 170 Å². The Labute approximate surface area is 289 Å². The maximum absolute atomic E-state index is 2.37. The molecule has 214 valence electrons. The molecule has 0 aliphatic heterocycles. The smallest absolute Gasteiger partial charge is 0 e. The van der Waals surface area contributed by atoms with Gasteiger partial charge in [0, 0.05) is 31.1 Å². The number of fused-ring (bicyclic) bond motifs is 6. The van der Waals surface area contributed by atoms with Crippen LogP contribution < -0.4 is 0 Å². The van der Waals surface area contributed by atoms with Crippen LogP contribution in [0.25, 0.3) is 76.8 Å². The Hall–Kier alpha value is -4.41. The summed E-state index contributed by atoms with van der Waals surface area (Å²) in [6.45, 7) is 4.00. The zero-order chi connectivity index (χ0) is 29.9. The molecule has 45 heavy (non-hydrogen) atoms. The summed E-state index contributed by atoms with van der Waals surface area (Å²) in [5.41, 5.74) is 9.82. The Balaban J connectivity index is 0.00000117. The van der Waals surface area contributed by atoms with Crippen molar-refractivity contribution in [1.82, 2.24) is 0 Å². The van der Waals surface area contributed by atoms with Crippen molar-refractivity contribution in [3.05, 3.63) is 170 Å². The van der Waals surface area contributed by atoms with Gasteiger partial charge >= 0.3 is 0 Å². The Morgan fingerprint density at radius 2 is 0.511 bits per heavy atom. The largest absolute Gasteiger partial charge is 0.0683 e. The molecule has 0 spiro atoms. The molecule has 0 radical (unpaired) electrons. The van der Waals surface area contributed by atoms with E-state index in [1.54, 1.807) is 0 Å². The molecule has 8 aromatic carbocycles. The van der Waals surface area contributed by atoms with Gasteiger partial charge in [0.1, 0.15) is 0 Å². The predicted octanol–water partition coefficient (Wildman–Crippen LogP) is 12.8. The first kappa shape index (κ1) is 30.6. The quantitative estimate of drug-likeness (QED) is 0.156. The van der Waals surface area contributed by atoms with Gasteiger partial charge in [0.25, 0.3) is 0 Å². The van der Waals surface area contributed by atoms with Crippen molar-refractivity contribution in [2.45, 2.75) is 13.8 Å². The Bertz CT molecular complexity index is 2190. The van der Waals surface area contributed by atoms with Crippen LogP contribution in [0.4, 0.5) is 0 Å². The third-order valence-electron chi connectivity index (χ3n) is 8.46. The normalized spacial score (nSPS) is 10.7. The van der Waals surface area contributed by atoms with Crippen molar-refractivity contribution in [3.8, 4) is 44.5 Å². The number of hydrogen-bond acceptors (Lipinski definition) is 0. The van der Waals surface area contributed by atoms with Gasteiger partial charge in [-0.05, 0) is 95.0 Å². The molecule has 0 amide bonds. The minimum atomic E-state index is 0. The molecule has 0 saturated heterocycles. The van der Waals surface area contributed by atoms with Crippen LogP contribution >= 0.6 is 0 Å². The molecule has 0 fully saturated rings. The van der Waals surface area contributed by atoms with Crippen molar-refractivity contribution >= 4 is 32.3 Å². The minimum absolute atomic E-state index is 0. The van der Waals surface area contributed by atoms with Crippen LogP contribution in [0.5, 0.6) is 0 Å². The van der Waals surface area contributed by atoms with E-state index in [0.717, 1.165) is 0 Å². The van der Waals surface area contributed by atoms with E-state index in [4.69, 9.17) is 0 Å². The van der Waals surface area contributed by atoms with E-state index in [-0.39, 0.29) is 31.1 Å². The van der Waals surface area contributed by atoms with Crippen molar-refractivity contribution in [2.75, 3.05) is 0 Å². The van der Waals surface area contributed by atoms with Crippen molar-refractivity contribution in [3.63, 3.8) is 0 Å². The maximum atomic E-state index is 2.37. The molecule has 0 unspecified atom stereocenters. The van der Waals surface area contributed by atoms with E-state index in [1.807, 2.05) is 13.8 Å².